The number of benzene rings is 1. The minimum atomic E-state index is -1.11. The summed E-state index contributed by atoms with van der Waals surface area (Å²) in [4.78, 5) is 10.9. The minimum Gasteiger partial charge on any atom is -0.507 e. The molecule has 0 aromatic heterocycles. The summed E-state index contributed by atoms with van der Waals surface area (Å²) in [5, 5.41) is 18.7. The van der Waals surface area contributed by atoms with Crippen molar-refractivity contribution in [1.29, 1.82) is 0 Å². The second-order valence-corrected chi connectivity index (χ2v) is 3.26. The Labute approximate surface area is 99.8 Å². The molecule has 16 heavy (non-hydrogen) atoms. The van der Waals surface area contributed by atoms with E-state index in [1.165, 1.54) is 18.2 Å². The summed E-state index contributed by atoms with van der Waals surface area (Å²) in [6, 6.07) is 2.28. The molecule has 0 heterocycles. The molecule has 0 aliphatic heterocycles. The van der Waals surface area contributed by atoms with Gasteiger partial charge in [0.05, 0.1) is 11.6 Å². The van der Waals surface area contributed by atoms with Gasteiger partial charge in [0.15, 0.2) is 0 Å². The zero-order chi connectivity index (χ0) is 11.6. The predicted octanol–water partition coefficient (Wildman–Crippen LogP) is 2.01. The van der Waals surface area contributed by atoms with Crippen LogP contribution in [0.15, 0.2) is 24.8 Å². The van der Waals surface area contributed by atoms with Gasteiger partial charge in [-0.05, 0) is 18.6 Å². The molecular formula is C11H14ClNO3. The smallest absolute Gasteiger partial charge is 0.336 e. The van der Waals surface area contributed by atoms with Crippen LogP contribution in [-0.4, -0.2) is 16.2 Å². The van der Waals surface area contributed by atoms with E-state index in [1.807, 2.05) is 0 Å². The highest BCUT2D eigenvalue weighted by molar-refractivity contribution is 5.90. The Hall–Kier alpha value is -1.52. The third-order valence-electron chi connectivity index (χ3n) is 2.24. The minimum absolute atomic E-state index is 0. The SMILES string of the molecule is C=C[C@H](N)c1c(C(=O)O)ccc(C)c1O.Cl. The Morgan fingerprint density at radius 2 is 2.12 bits per heavy atom. The van der Waals surface area contributed by atoms with Crippen LogP contribution in [0.2, 0.25) is 0 Å². The Kier molecular flexibility index (Phi) is 5.01. The first-order valence-electron chi connectivity index (χ1n) is 4.43. The van der Waals surface area contributed by atoms with E-state index in [1.54, 1.807) is 6.92 Å². The van der Waals surface area contributed by atoms with Gasteiger partial charge in [-0.25, -0.2) is 4.79 Å². The highest BCUT2D eigenvalue weighted by Gasteiger charge is 2.19. The first-order valence-corrected chi connectivity index (χ1v) is 4.43. The Morgan fingerprint density at radius 1 is 1.56 bits per heavy atom. The molecule has 0 aliphatic carbocycles. The fourth-order valence-electron chi connectivity index (χ4n) is 1.36. The van der Waals surface area contributed by atoms with Crippen molar-refractivity contribution < 1.29 is 15.0 Å². The van der Waals surface area contributed by atoms with Crippen molar-refractivity contribution in [3.63, 3.8) is 0 Å². The molecule has 5 heteroatoms. The van der Waals surface area contributed by atoms with E-state index in [0.717, 1.165) is 0 Å². The van der Waals surface area contributed by atoms with Crippen LogP contribution in [-0.2, 0) is 0 Å². The lowest BCUT2D eigenvalue weighted by atomic mass is 9.97. The number of hydrogen-bond acceptors (Lipinski definition) is 3. The summed E-state index contributed by atoms with van der Waals surface area (Å²) in [5.74, 6) is -1.19. The Morgan fingerprint density at radius 3 is 2.56 bits per heavy atom. The summed E-state index contributed by atoms with van der Waals surface area (Å²) in [6.45, 7) is 5.16. The van der Waals surface area contributed by atoms with E-state index >= 15 is 0 Å². The largest absolute Gasteiger partial charge is 0.507 e. The van der Waals surface area contributed by atoms with Crippen LogP contribution >= 0.6 is 12.4 Å². The van der Waals surface area contributed by atoms with Crippen molar-refractivity contribution in [2.75, 3.05) is 0 Å². The van der Waals surface area contributed by atoms with E-state index in [4.69, 9.17) is 10.8 Å². The first kappa shape index (κ1) is 14.5. The molecule has 1 aromatic rings. The number of rotatable bonds is 3. The van der Waals surface area contributed by atoms with Gasteiger partial charge >= 0.3 is 5.97 Å². The van der Waals surface area contributed by atoms with Gasteiger partial charge in [0.25, 0.3) is 0 Å². The standard InChI is InChI=1S/C11H13NO3.ClH/c1-3-8(12)9-7(11(14)15)5-4-6(2)10(9)13;/h3-5,8,13H,1,12H2,2H3,(H,14,15);1H/t8-;/m0./s1. The third kappa shape index (κ3) is 2.53. The van der Waals surface area contributed by atoms with Gasteiger partial charge < -0.3 is 15.9 Å². The molecule has 0 fully saturated rings. The van der Waals surface area contributed by atoms with Crippen molar-refractivity contribution in [2.45, 2.75) is 13.0 Å². The number of carbonyl (C=O) groups is 1. The number of carboxylic acids is 1. The highest BCUT2D eigenvalue weighted by atomic mass is 35.5. The van der Waals surface area contributed by atoms with Gasteiger partial charge in [-0.2, -0.15) is 0 Å². The molecule has 0 saturated heterocycles. The second kappa shape index (κ2) is 5.53. The van der Waals surface area contributed by atoms with Crippen LogP contribution in [0.1, 0.15) is 27.5 Å². The maximum atomic E-state index is 10.9. The molecule has 88 valence electrons. The zero-order valence-electron chi connectivity index (χ0n) is 8.80. The molecule has 4 N–H and O–H groups in total. The highest BCUT2D eigenvalue weighted by Crippen LogP contribution is 2.30. The van der Waals surface area contributed by atoms with E-state index in [2.05, 4.69) is 6.58 Å². The van der Waals surface area contributed by atoms with E-state index in [0.29, 0.717) is 5.56 Å². The topological polar surface area (TPSA) is 83.6 Å². The van der Waals surface area contributed by atoms with E-state index in [-0.39, 0.29) is 29.3 Å². The van der Waals surface area contributed by atoms with Crippen molar-refractivity contribution in [2.24, 2.45) is 5.73 Å². The molecule has 4 nitrogen and oxygen atoms in total. The fraction of sp³-hybridized carbons (Fsp3) is 0.182. The number of aromatic carboxylic acids is 1. The van der Waals surface area contributed by atoms with Gasteiger partial charge in [-0.3, -0.25) is 0 Å². The van der Waals surface area contributed by atoms with Crippen LogP contribution in [0.4, 0.5) is 0 Å². The maximum absolute atomic E-state index is 10.9. The van der Waals surface area contributed by atoms with Crippen LogP contribution < -0.4 is 5.73 Å². The number of phenolic OH excluding ortho intramolecular Hbond substituents is 1. The van der Waals surface area contributed by atoms with Crippen molar-refractivity contribution in [3.05, 3.63) is 41.5 Å². The molecule has 0 unspecified atom stereocenters. The Balaban J connectivity index is 0.00000225. The first-order chi connectivity index (χ1) is 6.99. The molecule has 0 bridgehead atoms. The van der Waals surface area contributed by atoms with Gasteiger partial charge in [-0.15, -0.1) is 19.0 Å². The molecule has 0 radical (unpaired) electrons. The lowest BCUT2D eigenvalue weighted by molar-refractivity contribution is 0.0695. The lowest BCUT2D eigenvalue weighted by Gasteiger charge is -2.14. The third-order valence-corrected chi connectivity index (χ3v) is 2.24. The van der Waals surface area contributed by atoms with Crippen LogP contribution in [0.3, 0.4) is 0 Å². The van der Waals surface area contributed by atoms with Crippen molar-refractivity contribution in [3.8, 4) is 5.75 Å². The normalized spacial score (nSPS) is 11.4. The average molecular weight is 244 g/mol. The van der Waals surface area contributed by atoms with Gasteiger partial charge in [0.1, 0.15) is 5.75 Å². The van der Waals surface area contributed by atoms with Crippen LogP contribution in [0.25, 0.3) is 0 Å². The molecule has 1 aromatic carbocycles. The number of aryl methyl sites for hydroxylation is 1. The summed E-state index contributed by atoms with van der Waals surface area (Å²) in [7, 11) is 0. The van der Waals surface area contributed by atoms with Gasteiger partial charge in [0, 0.05) is 5.56 Å². The molecule has 1 atom stereocenters. The number of hydrogen-bond donors (Lipinski definition) is 3. The summed E-state index contributed by atoms with van der Waals surface area (Å²) < 4.78 is 0. The quantitative estimate of drug-likeness (QED) is 0.709. The molecule has 0 aliphatic rings. The average Bonchev–Trinajstić information content (AvgIpc) is 2.20. The van der Waals surface area contributed by atoms with Crippen molar-refractivity contribution in [1.82, 2.24) is 0 Å². The molecule has 0 amide bonds. The summed E-state index contributed by atoms with van der Waals surface area (Å²) in [5.41, 5.74) is 6.46. The van der Waals surface area contributed by atoms with E-state index in [9.17, 15) is 9.90 Å². The number of aromatic hydroxyl groups is 1. The van der Waals surface area contributed by atoms with Gasteiger partial charge in [-0.1, -0.05) is 12.1 Å². The van der Waals surface area contributed by atoms with Crippen LogP contribution in [0.5, 0.6) is 5.75 Å². The number of halogens is 1. The summed E-state index contributed by atoms with van der Waals surface area (Å²) >= 11 is 0. The lowest BCUT2D eigenvalue weighted by Crippen LogP contribution is -2.13. The molecular weight excluding hydrogens is 230 g/mol. The number of carboxylic acid groups (broad SMARTS) is 1. The summed E-state index contributed by atoms with van der Waals surface area (Å²) in [6.07, 6.45) is 1.39. The van der Waals surface area contributed by atoms with E-state index < -0.39 is 12.0 Å². The van der Waals surface area contributed by atoms with Crippen LogP contribution in [0, 0.1) is 6.92 Å². The van der Waals surface area contributed by atoms with Gasteiger partial charge in [0.2, 0.25) is 0 Å². The monoisotopic (exact) mass is 243 g/mol. The Bertz CT molecular complexity index is 418. The second-order valence-electron chi connectivity index (χ2n) is 3.26. The fourth-order valence-corrected chi connectivity index (χ4v) is 1.36. The van der Waals surface area contributed by atoms with Crippen molar-refractivity contribution >= 4 is 18.4 Å². The number of nitrogens with two attached hydrogens (primary N) is 1. The molecule has 1 rings (SSSR count). The predicted molar refractivity (Wildman–Crippen MR) is 64.2 cm³/mol. The molecule has 0 spiro atoms. The zero-order valence-corrected chi connectivity index (χ0v) is 9.62. The number of phenols is 1. The molecule has 0 saturated carbocycles. The maximum Gasteiger partial charge on any atom is 0.336 e.